The van der Waals surface area contributed by atoms with Crippen molar-refractivity contribution in [3.63, 3.8) is 0 Å². The Kier molecular flexibility index (Phi) is 11.2. The second kappa shape index (κ2) is 14.6. The first-order chi connectivity index (χ1) is 20.0. The Morgan fingerprint density at radius 3 is 2.21 bits per heavy atom. The van der Waals surface area contributed by atoms with Gasteiger partial charge in [-0.25, -0.2) is 8.42 Å². The fourth-order valence-electron chi connectivity index (χ4n) is 5.19. The van der Waals surface area contributed by atoms with Crippen LogP contribution in [0.3, 0.4) is 0 Å². The van der Waals surface area contributed by atoms with Crippen molar-refractivity contribution in [2.24, 2.45) is 0 Å². The van der Waals surface area contributed by atoms with Crippen LogP contribution >= 0.6 is 34.8 Å². The molecule has 1 unspecified atom stereocenters. The lowest BCUT2D eigenvalue weighted by molar-refractivity contribution is -0.140. The second-order valence-corrected chi connectivity index (χ2v) is 13.7. The predicted molar refractivity (Wildman–Crippen MR) is 170 cm³/mol. The second-order valence-electron chi connectivity index (χ2n) is 10.5. The third-order valence-corrected chi connectivity index (χ3v) is 9.41. The molecule has 224 valence electrons. The number of anilines is 1. The third-order valence-electron chi connectivity index (χ3n) is 7.38. The highest BCUT2D eigenvalue weighted by Gasteiger charge is 2.34. The van der Waals surface area contributed by atoms with Gasteiger partial charge in [-0.2, -0.15) is 0 Å². The smallest absolute Gasteiger partial charge is 0.244 e. The maximum atomic E-state index is 14.2. The molecule has 4 rings (SSSR count). The maximum Gasteiger partial charge on any atom is 0.244 e. The number of carbonyl (C=O) groups excluding carboxylic acids is 2. The molecule has 3 aromatic rings. The number of nitrogens with one attached hydrogen (secondary N) is 1. The minimum Gasteiger partial charge on any atom is -0.352 e. The van der Waals surface area contributed by atoms with Gasteiger partial charge in [0.1, 0.15) is 12.6 Å². The first-order valence-electron chi connectivity index (χ1n) is 13.8. The van der Waals surface area contributed by atoms with Gasteiger partial charge < -0.3 is 10.2 Å². The van der Waals surface area contributed by atoms with Crippen molar-refractivity contribution in [1.29, 1.82) is 0 Å². The van der Waals surface area contributed by atoms with Crippen LogP contribution in [0.25, 0.3) is 0 Å². The van der Waals surface area contributed by atoms with Gasteiger partial charge in [0.25, 0.3) is 0 Å². The SMILES string of the molecule is CS(=O)(=O)N(CC(=O)N(Cc1ccccc1Cl)C(Cc1ccccc1)C(=O)NC1CCCCC1)c1ccc(Cl)cc1Cl. The van der Waals surface area contributed by atoms with Gasteiger partial charge >= 0.3 is 0 Å². The van der Waals surface area contributed by atoms with E-state index in [0.717, 1.165) is 48.2 Å². The summed E-state index contributed by atoms with van der Waals surface area (Å²) in [6.07, 6.45) is 6.17. The molecule has 2 amide bonds. The van der Waals surface area contributed by atoms with Crippen molar-refractivity contribution < 1.29 is 18.0 Å². The molecule has 0 heterocycles. The Morgan fingerprint density at radius 1 is 0.905 bits per heavy atom. The molecule has 11 heteroatoms. The largest absolute Gasteiger partial charge is 0.352 e. The van der Waals surface area contributed by atoms with E-state index in [9.17, 15) is 18.0 Å². The van der Waals surface area contributed by atoms with E-state index in [1.54, 1.807) is 24.3 Å². The summed E-state index contributed by atoms with van der Waals surface area (Å²) >= 11 is 18.9. The van der Waals surface area contributed by atoms with Crippen LogP contribution in [-0.2, 0) is 32.6 Å². The third kappa shape index (κ3) is 8.63. The number of rotatable bonds is 11. The van der Waals surface area contributed by atoms with Gasteiger partial charge in [0.2, 0.25) is 21.8 Å². The van der Waals surface area contributed by atoms with Gasteiger partial charge in [-0.05, 0) is 48.2 Å². The van der Waals surface area contributed by atoms with Crippen molar-refractivity contribution in [2.75, 3.05) is 17.1 Å². The minimum absolute atomic E-state index is 0.0000451. The number of carbonyl (C=O) groups is 2. The van der Waals surface area contributed by atoms with Crippen LogP contribution in [0.5, 0.6) is 0 Å². The first kappa shape index (κ1) is 32.1. The van der Waals surface area contributed by atoms with Crippen molar-refractivity contribution in [3.05, 3.63) is 99.0 Å². The highest BCUT2D eigenvalue weighted by Crippen LogP contribution is 2.31. The first-order valence-corrected chi connectivity index (χ1v) is 16.8. The molecular weight excluding hydrogens is 617 g/mol. The molecule has 1 aliphatic carbocycles. The summed E-state index contributed by atoms with van der Waals surface area (Å²) in [5, 5.41) is 4.01. The molecule has 0 bridgehead atoms. The van der Waals surface area contributed by atoms with Crippen molar-refractivity contribution in [1.82, 2.24) is 10.2 Å². The van der Waals surface area contributed by atoms with E-state index < -0.39 is 28.5 Å². The van der Waals surface area contributed by atoms with Gasteiger partial charge in [0.15, 0.2) is 0 Å². The molecule has 1 saturated carbocycles. The Labute approximate surface area is 262 Å². The van der Waals surface area contributed by atoms with Gasteiger partial charge in [-0.1, -0.05) is 103 Å². The van der Waals surface area contributed by atoms with Gasteiger partial charge in [-0.15, -0.1) is 0 Å². The van der Waals surface area contributed by atoms with Gasteiger partial charge in [-0.3, -0.25) is 13.9 Å². The minimum atomic E-state index is -3.96. The predicted octanol–water partition coefficient (Wildman–Crippen LogP) is 6.50. The number of halogens is 3. The zero-order valence-electron chi connectivity index (χ0n) is 23.3. The molecule has 1 fully saturated rings. The molecule has 1 aliphatic rings. The van der Waals surface area contributed by atoms with Crippen LogP contribution in [0.15, 0.2) is 72.8 Å². The zero-order chi connectivity index (χ0) is 30.3. The van der Waals surface area contributed by atoms with Crippen LogP contribution in [0.4, 0.5) is 5.69 Å². The van der Waals surface area contributed by atoms with Crippen LogP contribution in [0.1, 0.15) is 43.2 Å². The number of benzene rings is 3. The normalized spacial score (nSPS) is 14.7. The standard InChI is InChI=1S/C31H34Cl3N3O4S/c1-42(40,41)37(28-17-16-24(32)19-27(28)34)21-30(38)36(20-23-12-8-9-15-26(23)33)29(18-22-10-4-2-5-11-22)31(39)35-25-13-6-3-7-14-25/h2,4-5,8-12,15-17,19,25,29H,3,6-7,13-14,18,20-21H2,1H3,(H,35,39). The van der Waals surface area contributed by atoms with Crippen LogP contribution in [0, 0.1) is 0 Å². The molecule has 1 N–H and O–H groups in total. The lowest BCUT2D eigenvalue weighted by Gasteiger charge is -2.35. The van der Waals surface area contributed by atoms with E-state index in [1.165, 1.54) is 23.1 Å². The summed E-state index contributed by atoms with van der Waals surface area (Å²) in [5.74, 6) is -0.868. The van der Waals surface area contributed by atoms with E-state index in [1.807, 2.05) is 30.3 Å². The quantitative estimate of drug-likeness (QED) is 0.257. The molecule has 42 heavy (non-hydrogen) atoms. The molecule has 7 nitrogen and oxygen atoms in total. The fourth-order valence-corrected chi connectivity index (χ4v) is 6.80. The number of sulfonamides is 1. The summed E-state index contributed by atoms with van der Waals surface area (Å²) in [4.78, 5) is 29.6. The van der Waals surface area contributed by atoms with Crippen LogP contribution in [-0.4, -0.2) is 50.0 Å². The van der Waals surface area contributed by atoms with E-state index >= 15 is 0 Å². The van der Waals surface area contributed by atoms with Gasteiger partial charge in [0, 0.05) is 29.1 Å². The molecule has 0 aromatic heterocycles. The summed E-state index contributed by atoms with van der Waals surface area (Å²) in [7, 11) is -3.96. The van der Waals surface area contributed by atoms with Crippen LogP contribution in [0.2, 0.25) is 15.1 Å². The number of nitrogens with zero attached hydrogens (tertiary/aromatic N) is 2. The van der Waals surface area contributed by atoms with E-state index in [4.69, 9.17) is 34.8 Å². The molecule has 3 aromatic carbocycles. The Bertz CT molecular complexity index is 1500. The molecule has 0 spiro atoms. The Morgan fingerprint density at radius 2 is 1.57 bits per heavy atom. The lowest BCUT2D eigenvalue weighted by Crippen LogP contribution is -2.55. The summed E-state index contributed by atoms with van der Waals surface area (Å²) in [5.41, 5.74) is 1.60. The fraction of sp³-hybridized carbons (Fsp3) is 0.355. The highest BCUT2D eigenvalue weighted by molar-refractivity contribution is 7.92. The Hall–Kier alpha value is -2.78. The molecule has 0 radical (unpaired) electrons. The number of hydrogen-bond acceptors (Lipinski definition) is 4. The number of amides is 2. The average molecular weight is 651 g/mol. The van der Waals surface area contributed by atoms with Crippen LogP contribution < -0.4 is 9.62 Å². The van der Waals surface area contributed by atoms with Crippen molar-refractivity contribution in [2.45, 2.75) is 57.2 Å². The van der Waals surface area contributed by atoms with E-state index in [-0.39, 0.29) is 35.6 Å². The summed E-state index contributed by atoms with van der Waals surface area (Å²) in [6, 6.07) is 20.0. The highest BCUT2D eigenvalue weighted by atomic mass is 35.5. The van der Waals surface area contributed by atoms with E-state index in [2.05, 4.69) is 5.32 Å². The van der Waals surface area contributed by atoms with E-state index in [0.29, 0.717) is 15.6 Å². The van der Waals surface area contributed by atoms with Crippen molar-refractivity contribution >= 4 is 62.3 Å². The molecule has 0 aliphatic heterocycles. The maximum absolute atomic E-state index is 14.2. The number of hydrogen-bond donors (Lipinski definition) is 1. The molecule has 0 saturated heterocycles. The molecule has 1 atom stereocenters. The zero-order valence-corrected chi connectivity index (χ0v) is 26.4. The summed E-state index contributed by atoms with van der Waals surface area (Å²) < 4.78 is 26.9. The topological polar surface area (TPSA) is 86.8 Å². The molecular formula is C31H34Cl3N3O4S. The van der Waals surface area contributed by atoms with Gasteiger partial charge in [0.05, 0.1) is 17.0 Å². The monoisotopic (exact) mass is 649 g/mol. The van der Waals surface area contributed by atoms with Crippen molar-refractivity contribution in [3.8, 4) is 0 Å². The average Bonchev–Trinajstić information content (AvgIpc) is 2.95. The summed E-state index contributed by atoms with van der Waals surface area (Å²) in [6.45, 7) is -0.577. The lowest BCUT2D eigenvalue weighted by atomic mass is 9.94. The Balaban J connectivity index is 1.74.